The molecule has 10 heteroatoms. The molecule has 0 unspecified atom stereocenters. The number of nitrogens with zero attached hydrogens (tertiary/aromatic N) is 5. The summed E-state index contributed by atoms with van der Waals surface area (Å²) < 4.78 is 41.2. The summed E-state index contributed by atoms with van der Waals surface area (Å²) in [6.45, 7) is 1.43. The van der Waals surface area contributed by atoms with Crippen molar-refractivity contribution in [2.75, 3.05) is 17.2 Å². The molecule has 7 nitrogen and oxygen atoms in total. The number of hydrogen-bond donors (Lipinski definition) is 2. The van der Waals surface area contributed by atoms with Crippen LogP contribution in [0.4, 0.5) is 30.8 Å². The molecule has 2 N–H and O–H groups in total. The molecule has 0 bridgehead atoms. The highest BCUT2D eigenvalue weighted by molar-refractivity contribution is 5.60. The second-order valence-electron chi connectivity index (χ2n) is 7.39. The summed E-state index contributed by atoms with van der Waals surface area (Å²) in [7, 11) is 0. The van der Waals surface area contributed by atoms with Crippen molar-refractivity contribution >= 4 is 17.6 Å². The Morgan fingerprint density at radius 1 is 1.10 bits per heavy atom. The summed E-state index contributed by atoms with van der Waals surface area (Å²) in [6.07, 6.45) is 2.23. The van der Waals surface area contributed by atoms with Gasteiger partial charge in [-0.25, -0.2) is 9.37 Å². The van der Waals surface area contributed by atoms with Crippen LogP contribution in [0.25, 0.3) is 11.5 Å². The molecular weight excluding hydrogens is 407 g/mol. The summed E-state index contributed by atoms with van der Waals surface area (Å²) in [5.41, 5.74) is 0.138. The van der Waals surface area contributed by atoms with Crippen LogP contribution in [0, 0.1) is 23.1 Å². The van der Waals surface area contributed by atoms with Crippen LogP contribution in [0.2, 0.25) is 0 Å². The van der Waals surface area contributed by atoms with E-state index < -0.39 is 17.4 Å². The maximum absolute atomic E-state index is 13.8. The first-order valence-corrected chi connectivity index (χ1v) is 9.63. The largest absolute Gasteiger partial charge is 0.354 e. The van der Waals surface area contributed by atoms with Crippen molar-refractivity contribution in [3.8, 4) is 17.6 Å². The van der Waals surface area contributed by atoms with Gasteiger partial charge in [0.1, 0.15) is 17.2 Å². The van der Waals surface area contributed by atoms with E-state index in [-0.39, 0.29) is 34.7 Å². The van der Waals surface area contributed by atoms with E-state index in [1.54, 1.807) is 0 Å². The minimum atomic E-state index is -3.12. The molecule has 1 aliphatic carbocycles. The first kappa shape index (κ1) is 20.5. The van der Waals surface area contributed by atoms with Gasteiger partial charge in [-0.15, -0.1) is 0 Å². The van der Waals surface area contributed by atoms with Gasteiger partial charge in [0.25, 0.3) is 5.92 Å². The van der Waals surface area contributed by atoms with Crippen LogP contribution >= 0.6 is 0 Å². The fourth-order valence-electron chi connectivity index (χ4n) is 2.84. The third kappa shape index (κ3) is 5.25. The number of pyridine rings is 1. The molecule has 1 saturated carbocycles. The molecule has 158 valence electrons. The molecule has 1 aromatic carbocycles. The van der Waals surface area contributed by atoms with E-state index in [2.05, 4.69) is 30.6 Å². The van der Waals surface area contributed by atoms with Gasteiger partial charge in [0.15, 0.2) is 5.82 Å². The zero-order valence-corrected chi connectivity index (χ0v) is 16.5. The van der Waals surface area contributed by atoms with Crippen LogP contribution in [0.15, 0.2) is 36.4 Å². The topological polar surface area (TPSA) is 99.4 Å². The van der Waals surface area contributed by atoms with Crippen LogP contribution in [0.5, 0.6) is 0 Å². The van der Waals surface area contributed by atoms with Crippen LogP contribution in [-0.2, 0) is 5.92 Å². The lowest BCUT2D eigenvalue weighted by Crippen LogP contribution is -2.12. The molecule has 2 heterocycles. The summed E-state index contributed by atoms with van der Waals surface area (Å²) in [5, 5.41) is 15.0. The smallest absolute Gasteiger partial charge is 0.286 e. The average Bonchev–Trinajstić information content (AvgIpc) is 3.56. The van der Waals surface area contributed by atoms with Gasteiger partial charge in [-0.05, 0) is 49.1 Å². The second-order valence-corrected chi connectivity index (χ2v) is 7.39. The summed E-state index contributed by atoms with van der Waals surface area (Å²) in [4.78, 5) is 16.9. The zero-order valence-electron chi connectivity index (χ0n) is 16.5. The monoisotopic (exact) mass is 425 g/mol. The van der Waals surface area contributed by atoms with Crippen molar-refractivity contribution in [1.82, 2.24) is 19.9 Å². The molecule has 3 aromatic rings. The molecule has 0 saturated heterocycles. The molecule has 0 aliphatic heterocycles. The number of anilines is 3. The number of alkyl halides is 2. The number of halogens is 3. The van der Waals surface area contributed by atoms with Crippen LogP contribution in [0.1, 0.15) is 31.0 Å². The predicted octanol–water partition coefficient (Wildman–Crippen LogP) is 4.62. The molecular formula is C21H18F3N7. The first-order chi connectivity index (χ1) is 14.8. The quantitative estimate of drug-likeness (QED) is 0.570. The minimum absolute atomic E-state index is 0.0632. The van der Waals surface area contributed by atoms with Crippen molar-refractivity contribution in [3.05, 3.63) is 53.5 Å². The predicted molar refractivity (Wildman–Crippen MR) is 108 cm³/mol. The van der Waals surface area contributed by atoms with Gasteiger partial charge in [-0.2, -0.15) is 29.0 Å². The van der Waals surface area contributed by atoms with E-state index in [1.807, 2.05) is 6.07 Å². The van der Waals surface area contributed by atoms with E-state index in [4.69, 9.17) is 5.26 Å². The Morgan fingerprint density at radius 2 is 1.87 bits per heavy atom. The maximum Gasteiger partial charge on any atom is 0.286 e. The number of nitrogens with one attached hydrogen (secondary N) is 2. The molecule has 1 fully saturated rings. The third-order valence-corrected chi connectivity index (χ3v) is 4.59. The number of benzene rings is 1. The summed E-state index contributed by atoms with van der Waals surface area (Å²) in [6, 6.07) is 9.82. The lowest BCUT2D eigenvalue weighted by atomic mass is 10.2. The highest BCUT2D eigenvalue weighted by atomic mass is 19.3. The van der Waals surface area contributed by atoms with E-state index >= 15 is 0 Å². The minimum Gasteiger partial charge on any atom is -0.354 e. The Hall–Kier alpha value is -3.74. The third-order valence-electron chi connectivity index (χ3n) is 4.59. The van der Waals surface area contributed by atoms with Crippen molar-refractivity contribution in [1.29, 1.82) is 5.26 Å². The van der Waals surface area contributed by atoms with Gasteiger partial charge < -0.3 is 10.6 Å². The lowest BCUT2D eigenvalue weighted by Gasteiger charge is -2.12. The lowest BCUT2D eigenvalue weighted by molar-refractivity contribution is 0.0129. The highest BCUT2D eigenvalue weighted by Gasteiger charge is 2.27. The van der Waals surface area contributed by atoms with Crippen LogP contribution in [0.3, 0.4) is 0 Å². The van der Waals surface area contributed by atoms with E-state index in [0.717, 1.165) is 25.8 Å². The normalized spacial score (nSPS) is 13.5. The van der Waals surface area contributed by atoms with Crippen LogP contribution in [-0.4, -0.2) is 26.5 Å². The van der Waals surface area contributed by atoms with Crippen molar-refractivity contribution in [2.24, 2.45) is 5.92 Å². The zero-order chi connectivity index (χ0) is 22.0. The molecule has 4 rings (SSSR count). The fraction of sp³-hybridized carbons (Fsp3) is 0.286. The van der Waals surface area contributed by atoms with Crippen LogP contribution < -0.4 is 10.6 Å². The Labute approximate surface area is 176 Å². The number of aromatic nitrogens is 4. The summed E-state index contributed by atoms with van der Waals surface area (Å²) in [5.74, 6) is -2.79. The van der Waals surface area contributed by atoms with Gasteiger partial charge in [-0.3, -0.25) is 0 Å². The molecule has 2 aromatic heterocycles. The number of rotatable bonds is 7. The Morgan fingerprint density at radius 3 is 2.58 bits per heavy atom. The van der Waals surface area contributed by atoms with Crippen molar-refractivity contribution in [3.63, 3.8) is 0 Å². The SMILES string of the molecule is CC(F)(F)c1cccc(-c2nc(NCC3CC3)nc(Nc3cc(F)cc(C#N)c3)n2)n1. The number of nitriles is 1. The first-order valence-electron chi connectivity index (χ1n) is 9.63. The molecule has 0 atom stereocenters. The van der Waals surface area contributed by atoms with E-state index in [9.17, 15) is 13.2 Å². The fourth-order valence-corrected chi connectivity index (χ4v) is 2.84. The van der Waals surface area contributed by atoms with Gasteiger partial charge >= 0.3 is 0 Å². The van der Waals surface area contributed by atoms with Crippen molar-refractivity contribution < 1.29 is 13.2 Å². The Bertz CT molecular complexity index is 1150. The Kier molecular flexibility index (Phi) is 5.42. The highest BCUT2D eigenvalue weighted by Crippen LogP contribution is 2.30. The molecule has 1 aliphatic rings. The average molecular weight is 425 g/mol. The van der Waals surface area contributed by atoms with E-state index in [1.165, 1.54) is 30.3 Å². The van der Waals surface area contributed by atoms with Crippen molar-refractivity contribution in [2.45, 2.75) is 25.7 Å². The number of hydrogen-bond acceptors (Lipinski definition) is 7. The maximum atomic E-state index is 13.8. The van der Waals surface area contributed by atoms with Gasteiger partial charge in [0.2, 0.25) is 11.9 Å². The molecule has 0 spiro atoms. The van der Waals surface area contributed by atoms with Gasteiger partial charge in [-0.1, -0.05) is 6.07 Å². The molecule has 0 amide bonds. The van der Waals surface area contributed by atoms with Gasteiger partial charge in [0.05, 0.1) is 11.6 Å². The van der Waals surface area contributed by atoms with E-state index in [0.29, 0.717) is 12.5 Å². The summed E-state index contributed by atoms with van der Waals surface area (Å²) >= 11 is 0. The Balaban J connectivity index is 1.71. The molecule has 31 heavy (non-hydrogen) atoms. The standard InChI is InChI=1S/C21H18F3N7/c1-21(23,24)17-4-2-3-16(28-17)18-29-19(26-11-12-5-6-12)31-20(30-18)27-15-8-13(10-25)7-14(22)9-15/h2-4,7-9,12H,5-6,11H2,1H3,(H2,26,27,29,30,31). The molecule has 0 radical (unpaired) electrons. The second kappa shape index (κ2) is 8.18. The van der Waals surface area contributed by atoms with Gasteiger partial charge in [0, 0.05) is 19.2 Å².